The molecule has 5 rings (SSSR count). The summed E-state index contributed by atoms with van der Waals surface area (Å²) in [4.78, 5) is 36.5. The van der Waals surface area contributed by atoms with Crippen LogP contribution in [0.25, 0.3) is 5.82 Å². The van der Waals surface area contributed by atoms with Crippen molar-refractivity contribution in [2.24, 2.45) is 5.41 Å². The first-order valence-electron chi connectivity index (χ1n) is 15.6. The first-order chi connectivity index (χ1) is 22.5. The molecule has 2 fully saturated rings. The molecule has 48 heavy (non-hydrogen) atoms. The molecule has 260 valence electrons. The fourth-order valence-electron chi connectivity index (χ4n) is 5.52. The average Bonchev–Trinajstić information content (AvgIpc) is 3.54. The quantitative estimate of drug-likeness (QED) is 0.154. The Bertz CT molecular complexity index is 1640. The Labute approximate surface area is 286 Å². The maximum atomic E-state index is 13.1. The van der Waals surface area contributed by atoms with Gasteiger partial charge in [0, 0.05) is 36.3 Å². The molecule has 1 aliphatic heterocycles. The summed E-state index contributed by atoms with van der Waals surface area (Å²) in [6, 6.07) is 9.83. The van der Waals surface area contributed by atoms with E-state index in [-0.39, 0.29) is 60.1 Å². The number of amides is 2. The third-order valence-electron chi connectivity index (χ3n) is 8.35. The lowest BCUT2D eigenvalue weighted by Gasteiger charge is -2.37. The van der Waals surface area contributed by atoms with Gasteiger partial charge in [0.1, 0.15) is 21.6 Å². The highest BCUT2D eigenvalue weighted by Crippen LogP contribution is 2.59. The van der Waals surface area contributed by atoms with Crippen LogP contribution in [-0.2, 0) is 4.74 Å². The van der Waals surface area contributed by atoms with Crippen molar-refractivity contribution in [3.8, 4) is 11.7 Å². The van der Waals surface area contributed by atoms with E-state index in [2.05, 4.69) is 25.1 Å². The van der Waals surface area contributed by atoms with Crippen LogP contribution < -0.4 is 14.8 Å². The third-order valence-corrected chi connectivity index (χ3v) is 9.36. The molecule has 11 nitrogen and oxygen atoms in total. The van der Waals surface area contributed by atoms with E-state index in [4.69, 9.17) is 21.1 Å². The van der Waals surface area contributed by atoms with Gasteiger partial charge in [0.05, 0.1) is 23.6 Å². The molecule has 0 spiro atoms. The Balaban J connectivity index is 1.13. The molecule has 16 heteroatoms. The number of hydrogen-bond acceptors (Lipinski definition) is 9. The van der Waals surface area contributed by atoms with Crippen LogP contribution in [0.2, 0.25) is 5.15 Å². The number of hydrogen-bond donors (Lipinski definition) is 2. The lowest BCUT2D eigenvalue weighted by Crippen LogP contribution is -2.51. The predicted molar refractivity (Wildman–Crippen MR) is 175 cm³/mol. The molecule has 1 saturated carbocycles. The number of pyridine rings is 2. The van der Waals surface area contributed by atoms with Gasteiger partial charge >= 0.3 is 12.3 Å². The monoisotopic (exact) mass is 709 g/mol. The minimum atomic E-state index is -4.23. The summed E-state index contributed by atoms with van der Waals surface area (Å²) < 4.78 is 54.6. The number of carbonyl (C=O) groups is 2. The lowest BCUT2D eigenvalue weighted by atomic mass is 10.0. The zero-order valence-electron chi connectivity index (χ0n) is 27.4. The number of ether oxygens (including phenoxy) is 2. The van der Waals surface area contributed by atoms with E-state index in [0.29, 0.717) is 23.2 Å². The molecule has 1 unspecified atom stereocenters. The van der Waals surface area contributed by atoms with E-state index in [9.17, 15) is 22.8 Å². The van der Waals surface area contributed by atoms with Crippen molar-refractivity contribution < 1.29 is 32.2 Å². The maximum absolute atomic E-state index is 13.1. The number of nitrogens with zero attached hydrogens (tertiary/aromatic N) is 5. The summed E-state index contributed by atoms with van der Waals surface area (Å²) >= 11 is 7.35. The van der Waals surface area contributed by atoms with E-state index in [1.54, 1.807) is 29.2 Å². The Kier molecular flexibility index (Phi) is 10.1. The summed E-state index contributed by atoms with van der Waals surface area (Å²) in [5.41, 5.74) is -2.46. The summed E-state index contributed by atoms with van der Waals surface area (Å²) in [5.74, 6) is 0.542. The number of anilines is 1. The van der Waals surface area contributed by atoms with Gasteiger partial charge in [-0.15, -0.1) is 5.10 Å². The van der Waals surface area contributed by atoms with Crippen LogP contribution >= 0.6 is 23.5 Å². The molecule has 4 heterocycles. The normalized spacial score (nSPS) is 18.4. The largest absolute Gasteiger partial charge is 0.477 e. The number of aromatic nitrogens is 4. The molecule has 2 N–H and O–H groups in total. The van der Waals surface area contributed by atoms with Crippen molar-refractivity contribution in [2.45, 2.75) is 95.1 Å². The minimum Gasteiger partial charge on any atom is -0.477 e. The summed E-state index contributed by atoms with van der Waals surface area (Å²) in [7, 11) is 0. The Hall–Kier alpha value is -3.72. The van der Waals surface area contributed by atoms with Gasteiger partial charge in [0.25, 0.3) is 5.91 Å². The molecule has 0 bridgehead atoms. The van der Waals surface area contributed by atoms with Gasteiger partial charge in [-0.25, -0.2) is 19.4 Å². The van der Waals surface area contributed by atoms with Crippen LogP contribution in [0.1, 0.15) is 77.1 Å². The Morgan fingerprint density at radius 1 is 1.08 bits per heavy atom. The maximum Gasteiger partial charge on any atom is 0.411 e. The topological polar surface area (TPSA) is 124 Å². The minimum absolute atomic E-state index is 0.0678. The number of alkyl halides is 3. The molecule has 3 aromatic rings. The van der Waals surface area contributed by atoms with E-state index in [1.807, 2.05) is 34.6 Å². The lowest BCUT2D eigenvalue weighted by molar-refractivity contribution is -0.190. The fourth-order valence-corrected chi connectivity index (χ4v) is 6.35. The fraction of sp³-hybridized carbons (Fsp3) is 0.531. The SMILES string of the molecule is CC(C)(C)OC(=O)N1C(CNc2cccc(SNC(=O)c3ccc(-n4ccc(OCCC5(C(F)(F)F)CC5)n4)nc3Cl)n2)CCC1(C)C. The van der Waals surface area contributed by atoms with Gasteiger partial charge in [-0.2, -0.15) is 13.2 Å². The molecular formula is C32H39ClF3N7O4S. The van der Waals surface area contributed by atoms with Crippen molar-refractivity contribution in [1.29, 1.82) is 0 Å². The van der Waals surface area contributed by atoms with Crippen molar-refractivity contribution in [3.63, 3.8) is 0 Å². The number of nitrogens with one attached hydrogen (secondary N) is 2. The van der Waals surface area contributed by atoms with Gasteiger partial charge < -0.3 is 14.8 Å². The summed E-state index contributed by atoms with van der Waals surface area (Å²) in [5, 5.41) is 7.97. The summed E-state index contributed by atoms with van der Waals surface area (Å²) in [6.45, 7) is 9.98. The van der Waals surface area contributed by atoms with E-state index < -0.39 is 23.1 Å². The molecule has 2 aliphatic rings. The van der Waals surface area contributed by atoms with E-state index in [1.165, 1.54) is 23.0 Å². The van der Waals surface area contributed by atoms with Gasteiger partial charge in [-0.05, 0) is 91.0 Å². The highest BCUT2D eigenvalue weighted by molar-refractivity contribution is 7.97. The molecule has 0 radical (unpaired) electrons. The second-order valence-electron chi connectivity index (χ2n) is 13.6. The van der Waals surface area contributed by atoms with Crippen molar-refractivity contribution in [3.05, 3.63) is 53.3 Å². The Morgan fingerprint density at radius 2 is 1.83 bits per heavy atom. The molecule has 0 aromatic carbocycles. The van der Waals surface area contributed by atoms with Crippen LogP contribution in [0.5, 0.6) is 5.88 Å². The van der Waals surface area contributed by atoms with Gasteiger partial charge in [-0.1, -0.05) is 17.7 Å². The first-order valence-corrected chi connectivity index (χ1v) is 16.8. The number of likely N-dealkylation sites (tertiary alicyclic amines) is 1. The van der Waals surface area contributed by atoms with Crippen LogP contribution in [-0.4, -0.2) is 73.2 Å². The Morgan fingerprint density at radius 3 is 2.50 bits per heavy atom. The van der Waals surface area contributed by atoms with Crippen molar-refractivity contribution in [2.75, 3.05) is 18.5 Å². The van der Waals surface area contributed by atoms with Crippen LogP contribution in [0.15, 0.2) is 47.6 Å². The standard InChI is InChI=1S/C32H39ClF3N7O4S/c1-29(2,3)47-28(45)43-20(11-13-30(43,4)5)19-37-22-7-6-8-25(38-22)48-41-27(44)21-9-10-23(39-26(21)33)42-17-12-24(40-42)46-18-16-31(14-15-31)32(34,35)36/h6-10,12,17,20H,11,13-16,18-19H2,1-5H3,(H,37,38)(H,41,44). The van der Waals surface area contributed by atoms with Crippen LogP contribution in [0.3, 0.4) is 0 Å². The zero-order valence-corrected chi connectivity index (χ0v) is 28.9. The van der Waals surface area contributed by atoms with E-state index >= 15 is 0 Å². The number of carbonyl (C=O) groups excluding carboxylic acids is 2. The van der Waals surface area contributed by atoms with Gasteiger partial charge in [-0.3, -0.25) is 14.4 Å². The molecule has 1 saturated heterocycles. The van der Waals surface area contributed by atoms with E-state index in [0.717, 1.165) is 24.8 Å². The molecule has 1 aliphatic carbocycles. The smallest absolute Gasteiger partial charge is 0.411 e. The zero-order chi connectivity index (χ0) is 34.9. The highest BCUT2D eigenvalue weighted by Gasteiger charge is 2.62. The third kappa shape index (κ3) is 8.46. The molecule has 3 aromatic heterocycles. The second kappa shape index (κ2) is 13.7. The molecular weight excluding hydrogens is 671 g/mol. The number of rotatable bonds is 11. The highest BCUT2D eigenvalue weighted by atomic mass is 35.5. The molecule has 2 amide bonds. The summed E-state index contributed by atoms with van der Waals surface area (Å²) in [6.07, 6.45) is -1.27. The van der Waals surface area contributed by atoms with Gasteiger partial charge in [0.15, 0.2) is 5.82 Å². The molecule has 1 atom stereocenters. The average molecular weight is 710 g/mol. The van der Waals surface area contributed by atoms with Crippen molar-refractivity contribution in [1.82, 2.24) is 29.4 Å². The van der Waals surface area contributed by atoms with Crippen LogP contribution in [0.4, 0.5) is 23.8 Å². The second-order valence-corrected chi connectivity index (χ2v) is 14.8. The first kappa shape index (κ1) is 35.6. The predicted octanol–water partition coefficient (Wildman–Crippen LogP) is 7.45. The number of halogens is 4. The van der Waals surface area contributed by atoms with Crippen LogP contribution in [0, 0.1) is 5.41 Å². The van der Waals surface area contributed by atoms with Gasteiger partial charge in [0.2, 0.25) is 5.88 Å². The van der Waals surface area contributed by atoms with Crippen molar-refractivity contribution >= 4 is 41.4 Å².